The molecule has 0 bridgehead atoms. The number of nitrogens with zero attached hydrogens (tertiary/aromatic N) is 1. The van der Waals surface area contributed by atoms with Gasteiger partial charge in [0.25, 0.3) is 0 Å². The van der Waals surface area contributed by atoms with E-state index >= 15 is 0 Å². The summed E-state index contributed by atoms with van der Waals surface area (Å²) in [6.45, 7) is 7.30. The van der Waals surface area contributed by atoms with E-state index in [-0.39, 0.29) is 22.8 Å². The van der Waals surface area contributed by atoms with E-state index in [1.54, 1.807) is 0 Å². The van der Waals surface area contributed by atoms with Gasteiger partial charge in [0.2, 0.25) is 5.91 Å². The van der Waals surface area contributed by atoms with Crippen LogP contribution in [0.5, 0.6) is 0 Å². The maximum Gasteiger partial charge on any atom is 0.222 e. The summed E-state index contributed by atoms with van der Waals surface area (Å²) in [5.74, 6) is 4.25. The van der Waals surface area contributed by atoms with Crippen LogP contribution >= 0.6 is 0 Å². The number of rotatable bonds is 3. The zero-order valence-electron chi connectivity index (χ0n) is 20.9. The molecule has 5 fully saturated rings. The highest BCUT2D eigenvalue weighted by Gasteiger charge is 2.62. The average Bonchev–Trinajstić information content (AvgIpc) is 3.13. The molecule has 5 aliphatic rings. The maximum atomic E-state index is 13.4. The van der Waals surface area contributed by atoms with Crippen LogP contribution in [0.3, 0.4) is 0 Å². The molecule has 5 rings (SSSR count). The van der Waals surface area contributed by atoms with Crippen LogP contribution in [0.25, 0.3) is 0 Å². The van der Waals surface area contributed by atoms with Gasteiger partial charge in [0.15, 0.2) is 5.78 Å². The Morgan fingerprint density at radius 1 is 0.938 bits per heavy atom. The van der Waals surface area contributed by atoms with Gasteiger partial charge in [-0.25, -0.2) is 0 Å². The lowest BCUT2D eigenvalue weighted by Crippen LogP contribution is -2.61. The molecule has 0 spiro atoms. The number of ketones is 1. The Labute approximate surface area is 195 Å². The van der Waals surface area contributed by atoms with Crippen LogP contribution in [-0.2, 0) is 9.59 Å². The first kappa shape index (κ1) is 22.9. The van der Waals surface area contributed by atoms with Crippen LogP contribution in [0.1, 0.15) is 97.8 Å². The van der Waals surface area contributed by atoms with E-state index in [0.717, 1.165) is 56.3 Å². The number of hydrogen-bond acceptors (Lipinski definition) is 3. The molecule has 1 unspecified atom stereocenters. The highest BCUT2D eigenvalue weighted by Crippen LogP contribution is 2.66. The Morgan fingerprint density at radius 2 is 1.62 bits per heavy atom. The fourth-order valence-corrected chi connectivity index (χ4v) is 9.80. The van der Waals surface area contributed by atoms with E-state index in [0.29, 0.717) is 29.6 Å². The second kappa shape index (κ2) is 8.10. The molecule has 8 atom stereocenters. The second-order valence-corrected chi connectivity index (χ2v) is 13.1. The summed E-state index contributed by atoms with van der Waals surface area (Å²) in [4.78, 5) is 27.9. The van der Waals surface area contributed by atoms with Gasteiger partial charge in [0.05, 0.1) is 6.04 Å². The summed E-state index contributed by atoms with van der Waals surface area (Å²) in [6, 6.07) is 0.161. The summed E-state index contributed by atoms with van der Waals surface area (Å²) >= 11 is 0. The normalized spacial score (nSPS) is 49.7. The first-order valence-corrected chi connectivity index (χ1v) is 13.7. The molecule has 4 saturated carbocycles. The number of amides is 1. The van der Waals surface area contributed by atoms with Crippen molar-refractivity contribution in [3.05, 3.63) is 0 Å². The second-order valence-electron chi connectivity index (χ2n) is 13.1. The van der Waals surface area contributed by atoms with E-state index < -0.39 is 0 Å². The number of likely N-dealkylation sites (tertiary alicyclic amines) is 1. The van der Waals surface area contributed by atoms with Crippen LogP contribution in [0.2, 0.25) is 0 Å². The third-order valence-corrected chi connectivity index (χ3v) is 11.8. The zero-order valence-corrected chi connectivity index (χ0v) is 20.9. The number of carbonyl (C=O) groups excluding carboxylic acids is 2. The first-order valence-electron chi connectivity index (χ1n) is 13.7. The van der Waals surface area contributed by atoms with Gasteiger partial charge in [0, 0.05) is 25.4 Å². The lowest BCUT2D eigenvalue weighted by Gasteiger charge is -2.62. The largest absolute Gasteiger partial charge is 0.342 e. The molecule has 4 heteroatoms. The molecular weight excluding hydrogens is 396 g/mol. The summed E-state index contributed by atoms with van der Waals surface area (Å²) < 4.78 is 0. The van der Waals surface area contributed by atoms with E-state index in [1.165, 1.54) is 38.5 Å². The summed E-state index contributed by atoms with van der Waals surface area (Å²) in [6.07, 6.45) is 13.5. The smallest absolute Gasteiger partial charge is 0.222 e. The summed E-state index contributed by atoms with van der Waals surface area (Å²) in [5, 5.41) is 0. The molecule has 2 N–H and O–H groups in total. The fourth-order valence-electron chi connectivity index (χ4n) is 9.80. The molecule has 1 amide bonds. The molecule has 4 aliphatic carbocycles. The number of piperidine rings is 1. The predicted molar refractivity (Wildman–Crippen MR) is 128 cm³/mol. The molecule has 32 heavy (non-hydrogen) atoms. The van der Waals surface area contributed by atoms with E-state index in [4.69, 9.17) is 5.73 Å². The van der Waals surface area contributed by atoms with E-state index in [1.807, 2.05) is 7.05 Å². The van der Waals surface area contributed by atoms with Gasteiger partial charge in [-0.1, -0.05) is 33.6 Å². The van der Waals surface area contributed by atoms with Crippen LogP contribution in [0.15, 0.2) is 0 Å². The minimum Gasteiger partial charge on any atom is -0.342 e. The summed E-state index contributed by atoms with van der Waals surface area (Å²) in [7, 11) is 2.04. The van der Waals surface area contributed by atoms with Crippen LogP contribution < -0.4 is 5.73 Å². The standard InChI is InChI=1S/C28H46N2O2/c1-17-5-7-18(8-6-17)26(32)25(29)22-11-10-20-19-9-12-23-28(3,16-14-24(31)30(23)4)21(19)13-15-27(20,22)2/h17-23,25H,5-16,29H2,1-4H3/t17?,18?,19-,20-,21-,22+,23+,25?,27-,28+/m0/s1. The SMILES string of the molecule is CC1CCC(C(=O)C(N)[C@H]2CC[C@H]3[C@@H]4CC[C@H]5N(C)C(=O)CC[C@]5(C)[C@H]4CC[C@]23C)CC1. The highest BCUT2D eigenvalue weighted by molar-refractivity contribution is 5.86. The van der Waals surface area contributed by atoms with Crippen LogP contribution in [0.4, 0.5) is 0 Å². The molecule has 180 valence electrons. The predicted octanol–water partition coefficient (Wildman–Crippen LogP) is 5.19. The van der Waals surface area contributed by atoms with Gasteiger partial charge in [-0.05, 0) is 98.2 Å². The van der Waals surface area contributed by atoms with Gasteiger partial charge in [-0.2, -0.15) is 0 Å². The zero-order chi connectivity index (χ0) is 22.8. The quantitative estimate of drug-likeness (QED) is 0.654. The molecule has 0 aromatic heterocycles. The van der Waals surface area contributed by atoms with Crippen molar-refractivity contribution in [1.29, 1.82) is 0 Å². The van der Waals surface area contributed by atoms with Crippen molar-refractivity contribution in [2.24, 2.45) is 52.1 Å². The molecule has 4 nitrogen and oxygen atoms in total. The number of carbonyl (C=O) groups is 2. The molecule has 0 aromatic carbocycles. The third-order valence-electron chi connectivity index (χ3n) is 11.8. The third kappa shape index (κ3) is 3.33. The Bertz CT molecular complexity index is 759. The van der Waals surface area contributed by atoms with Crippen molar-refractivity contribution < 1.29 is 9.59 Å². The number of Topliss-reactive ketones (excluding diaryl/α,β-unsaturated/α-hetero) is 1. The van der Waals surface area contributed by atoms with Gasteiger partial charge in [-0.15, -0.1) is 0 Å². The van der Waals surface area contributed by atoms with Crippen molar-refractivity contribution in [3.63, 3.8) is 0 Å². The molecule has 0 radical (unpaired) electrons. The minimum atomic E-state index is -0.259. The Morgan fingerprint density at radius 3 is 2.34 bits per heavy atom. The number of hydrogen-bond donors (Lipinski definition) is 1. The van der Waals surface area contributed by atoms with Gasteiger partial charge in [0.1, 0.15) is 0 Å². The average molecular weight is 443 g/mol. The fraction of sp³-hybridized carbons (Fsp3) is 0.929. The number of fused-ring (bicyclic) bond motifs is 5. The Balaban J connectivity index is 1.33. The minimum absolute atomic E-state index is 0.213. The molecule has 1 heterocycles. The Kier molecular flexibility index (Phi) is 5.79. The lowest BCUT2D eigenvalue weighted by atomic mass is 9.46. The maximum absolute atomic E-state index is 13.4. The summed E-state index contributed by atoms with van der Waals surface area (Å²) in [5.41, 5.74) is 7.31. The van der Waals surface area contributed by atoms with Crippen LogP contribution in [0, 0.1) is 46.3 Å². The van der Waals surface area contributed by atoms with Crippen molar-refractivity contribution >= 4 is 11.7 Å². The van der Waals surface area contributed by atoms with Crippen molar-refractivity contribution in [2.45, 2.75) is 110 Å². The highest BCUT2D eigenvalue weighted by atomic mass is 16.2. The van der Waals surface area contributed by atoms with E-state index in [2.05, 4.69) is 25.7 Å². The molecular formula is C28H46N2O2. The van der Waals surface area contributed by atoms with E-state index in [9.17, 15) is 9.59 Å². The molecule has 1 saturated heterocycles. The van der Waals surface area contributed by atoms with Gasteiger partial charge >= 0.3 is 0 Å². The van der Waals surface area contributed by atoms with Crippen molar-refractivity contribution in [1.82, 2.24) is 4.90 Å². The first-order chi connectivity index (χ1) is 15.2. The topological polar surface area (TPSA) is 63.4 Å². The molecule has 0 aromatic rings. The lowest BCUT2D eigenvalue weighted by molar-refractivity contribution is -0.158. The van der Waals surface area contributed by atoms with Gasteiger partial charge in [-0.3, -0.25) is 9.59 Å². The molecule has 1 aliphatic heterocycles. The number of nitrogens with two attached hydrogens (primary N) is 1. The van der Waals surface area contributed by atoms with Gasteiger partial charge < -0.3 is 10.6 Å². The van der Waals surface area contributed by atoms with Crippen molar-refractivity contribution in [3.8, 4) is 0 Å². The van der Waals surface area contributed by atoms with Crippen molar-refractivity contribution in [2.75, 3.05) is 7.05 Å². The van der Waals surface area contributed by atoms with Crippen LogP contribution in [-0.4, -0.2) is 35.7 Å². The monoisotopic (exact) mass is 442 g/mol. The Hall–Kier alpha value is -0.900.